The first-order chi connectivity index (χ1) is 7.51. The lowest BCUT2D eigenvalue weighted by molar-refractivity contribution is -0.122. The zero-order valence-electron chi connectivity index (χ0n) is 10.5. The van der Waals surface area contributed by atoms with E-state index < -0.39 is 0 Å². The highest BCUT2D eigenvalue weighted by Gasteiger charge is 2.16. The number of hydrogen-bond acceptors (Lipinski definition) is 3. The molecule has 0 rings (SSSR count). The molecule has 1 atom stereocenters. The summed E-state index contributed by atoms with van der Waals surface area (Å²) in [4.78, 5) is 14.0. The molecule has 0 fully saturated rings. The van der Waals surface area contributed by atoms with Gasteiger partial charge in [0.1, 0.15) is 0 Å². The Balaban J connectivity index is 4.04. The van der Waals surface area contributed by atoms with Crippen molar-refractivity contribution in [1.82, 2.24) is 10.2 Å². The van der Waals surface area contributed by atoms with Crippen LogP contribution < -0.4 is 11.1 Å². The van der Waals surface area contributed by atoms with E-state index in [9.17, 15) is 4.79 Å². The summed E-state index contributed by atoms with van der Waals surface area (Å²) in [6, 6.07) is 0.255. The first kappa shape index (κ1) is 15.3. The molecule has 1 unspecified atom stereocenters. The number of carbonyl (C=O) groups excluding carboxylic acids is 1. The third-order valence-corrected chi connectivity index (χ3v) is 2.66. The summed E-state index contributed by atoms with van der Waals surface area (Å²) in [7, 11) is 1.93. The Morgan fingerprint density at radius 1 is 1.50 bits per heavy atom. The van der Waals surface area contributed by atoms with E-state index in [4.69, 9.17) is 18.0 Å². The molecule has 0 aliphatic rings. The predicted octanol–water partition coefficient (Wildman–Crippen LogP) is 0.899. The minimum atomic E-state index is 0.0609. The zero-order valence-corrected chi connectivity index (χ0v) is 11.3. The van der Waals surface area contributed by atoms with Gasteiger partial charge in [0.05, 0.1) is 11.5 Å². The lowest BCUT2D eigenvalue weighted by Crippen LogP contribution is -2.42. The highest BCUT2D eigenvalue weighted by Crippen LogP contribution is 2.06. The molecule has 16 heavy (non-hydrogen) atoms. The Morgan fingerprint density at radius 2 is 2.12 bits per heavy atom. The summed E-state index contributed by atoms with van der Waals surface area (Å²) in [6.45, 7) is 5.25. The van der Waals surface area contributed by atoms with Gasteiger partial charge in [-0.1, -0.05) is 26.1 Å². The second kappa shape index (κ2) is 8.47. The second-order valence-corrected chi connectivity index (χ2v) is 4.52. The fourth-order valence-electron chi connectivity index (χ4n) is 1.52. The van der Waals surface area contributed by atoms with E-state index in [1.165, 1.54) is 0 Å². The van der Waals surface area contributed by atoms with E-state index in [1.807, 2.05) is 18.9 Å². The summed E-state index contributed by atoms with van der Waals surface area (Å²) in [5, 5.41) is 2.85. The van der Waals surface area contributed by atoms with Crippen LogP contribution in [0.3, 0.4) is 0 Å². The fourth-order valence-corrected chi connectivity index (χ4v) is 1.71. The molecular weight excluding hydrogens is 222 g/mol. The van der Waals surface area contributed by atoms with Crippen LogP contribution in [-0.4, -0.2) is 42.0 Å². The molecule has 0 saturated heterocycles. The monoisotopic (exact) mass is 245 g/mol. The Labute approximate surface area is 104 Å². The van der Waals surface area contributed by atoms with Gasteiger partial charge in [-0.25, -0.2) is 0 Å². The third-order valence-electron chi connectivity index (χ3n) is 2.50. The number of carbonyl (C=O) groups is 1. The number of amides is 1. The smallest absolute Gasteiger partial charge is 0.234 e. The largest absolute Gasteiger partial charge is 0.393 e. The van der Waals surface area contributed by atoms with Crippen LogP contribution in [-0.2, 0) is 4.79 Å². The van der Waals surface area contributed by atoms with Crippen molar-refractivity contribution in [3.05, 3.63) is 0 Å². The van der Waals surface area contributed by atoms with Crippen LogP contribution in [0.1, 0.15) is 33.1 Å². The van der Waals surface area contributed by atoms with Crippen LogP contribution in [0.4, 0.5) is 0 Å². The van der Waals surface area contributed by atoms with Crippen molar-refractivity contribution in [1.29, 1.82) is 0 Å². The van der Waals surface area contributed by atoms with E-state index in [0.717, 1.165) is 19.4 Å². The lowest BCUT2D eigenvalue weighted by atomic mass is 10.1. The molecule has 0 bridgehead atoms. The summed E-state index contributed by atoms with van der Waals surface area (Å²) < 4.78 is 0. The molecule has 0 aromatic heterocycles. The van der Waals surface area contributed by atoms with E-state index in [1.54, 1.807) is 0 Å². The molecule has 94 valence electrons. The maximum absolute atomic E-state index is 11.5. The van der Waals surface area contributed by atoms with Gasteiger partial charge in [-0.2, -0.15) is 0 Å². The van der Waals surface area contributed by atoms with E-state index in [2.05, 4.69) is 12.2 Å². The summed E-state index contributed by atoms with van der Waals surface area (Å²) in [6.07, 6.45) is 2.57. The summed E-state index contributed by atoms with van der Waals surface area (Å²) >= 11 is 4.89. The van der Waals surface area contributed by atoms with Crippen molar-refractivity contribution < 1.29 is 4.79 Å². The maximum atomic E-state index is 11.5. The second-order valence-electron chi connectivity index (χ2n) is 4.00. The molecule has 0 spiro atoms. The van der Waals surface area contributed by atoms with Gasteiger partial charge in [0.2, 0.25) is 5.91 Å². The topological polar surface area (TPSA) is 58.4 Å². The van der Waals surface area contributed by atoms with Crippen LogP contribution in [0.15, 0.2) is 0 Å². The lowest BCUT2D eigenvalue weighted by Gasteiger charge is -2.26. The number of nitrogens with two attached hydrogens (primary N) is 1. The molecule has 4 nitrogen and oxygen atoms in total. The average molecular weight is 245 g/mol. The molecule has 1 amide bonds. The van der Waals surface area contributed by atoms with E-state index in [0.29, 0.717) is 18.0 Å². The number of rotatable bonds is 8. The van der Waals surface area contributed by atoms with Crippen molar-refractivity contribution in [2.45, 2.75) is 39.2 Å². The fraction of sp³-hybridized carbons (Fsp3) is 0.818. The molecule has 0 aromatic rings. The van der Waals surface area contributed by atoms with Gasteiger partial charge >= 0.3 is 0 Å². The number of nitrogens with one attached hydrogen (secondary N) is 1. The molecule has 0 aliphatic carbocycles. The van der Waals surface area contributed by atoms with Crippen molar-refractivity contribution in [2.75, 3.05) is 20.1 Å². The molecule has 0 aliphatic heterocycles. The summed E-state index contributed by atoms with van der Waals surface area (Å²) in [5.41, 5.74) is 5.52. The molecular formula is C11H23N3OS. The molecule has 0 saturated carbocycles. The number of likely N-dealkylation sites (N-methyl/N-ethyl adjacent to an activating group) is 1. The van der Waals surface area contributed by atoms with Gasteiger partial charge in [0, 0.05) is 19.0 Å². The first-order valence-electron chi connectivity index (χ1n) is 5.76. The van der Waals surface area contributed by atoms with Gasteiger partial charge in [0.25, 0.3) is 0 Å². The first-order valence-corrected chi connectivity index (χ1v) is 6.17. The SMILES string of the molecule is CCCNC(=O)CN(C)C(CC)CC(N)=S. The van der Waals surface area contributed by atoms with Gasteiger partial charge in [0.15, 0.2) is 0 Å². The molecule has 0 aromatic carbocycles. The number of nitrogens with zero attached hydrogens (tertiary/aromatic N) is 1. The third kappa shape index (κ3) is 6.74. The highest BCUT2D eigenvalue weighted by molar-refractivity contribution is 7.80. The summed E-state index contributed by atoms with van der Waals surface area (Å²) in [5.74, 6) is 0.0609. The number of hydrogen-bond donors (Lipinski definition) is 2. The molecule has 0 radical (unpaired) electrons. The Hall–Kier alpha value is -0.680. The maximum Gasteiger partial charge on any atom is 0.234 e. The molecule has 3 N–H and O–H groups in total. The Morgan fingerprint density at radius 3 is 2.56 bits per heavy atom. The van der Waals surface area contributed by atoms with Crippen LogP contribution in [0, 0.1) is 0 Å². The van der Waals surface area contributed by atoms with E-state index in [-0.39, 0.29) is 11.9 Å². The Bertz CT molecular complexity index is 233. The van der Waals surface area contributed by atoms with Gasteiger partial charge < -0.3 is 11.1 Å². The van der Waals surface area contributed by atoms with Gasteiger partial charge in [-0.15, -0.1) is 0 Å². The molecule has 0 heterocycles. The zero-order chi connectivity index (χ0) is 12.6. The van der Waals surface area contributed by atoms with Crippen LogP contribution in [0.2, 0.25) is 0 Å². The van der Waals surface area contributed by atoms with Gasteiger partial charge in [-0.05, 0) is 19.9 Å². The van der Waals surface area contributed by atoms with Crippen molar-refractivity contribution in [2.24, 2.45) is 5.73 Å². The highest BCUT2D eigenvalue weighted by atomic mass is 32.1. The van der Waals surface area contributed by atoms with Crippen LogP contribution in [0.25, 0.3) is 0 Å². The van der Waals surface area contributed by atoms with E-state index >= 15 is 0 Å². The van der Waals surface area contributed by atoms with Crippen molar-refractivity contribution in [3.63, 3.8) is 0 Å². The predicted molar refractivity (Wildman–Crippen MR) is 71.4 cm³/mol. The van der Waals surface area contributed by atoms with Crippen LogP contribution in [0.5, 0.6) is 0 Å². The van der Waals surface area contributed by atoms with Gasteiger partial charge in [-0.3, -0.25) is 9.69 Å². The van der Waals surface area contributed by atoms with Crippen molar-refractivity contribution >= 4 is 23.1 Å². The normalized spacial score (nSPS) is 12.5. The number of thiocarbonyl (C=S) groups is 1. The quantitative estimate of drug-likeness (QED) is 0.624. The minimum Gasteiger partial charge on any atom is -0.393 e. The van der Waals surface area contributed by atoms with Crippen molar-refractivity contribution in [3.8, 4) is 0 Å². The minimum absolute atomic E-state index is 0.0609. The Kier molecular flexibility index (Phi) is 8.11. The average Bonchev–Trinajstić information content (AvgIpc) is 2.22. The van der Waals surface area contributed by atoms with Crippen LogP contribution >= 0.6 is 12.2 Å². The molecule has 5 heteroatoms. The standard InChI is InChI=1S/C11H23N3OS/c1-4-6-13-11(15)8-14(3)9(5-2)7-10(12)16/h9H,4-8H2,1-3H3,(H2,12,16)(H,13,15).